The smallest absolute Gasteiger partial charge is 0.277 e. The molecule has 46 valence electrons. The van der Waals surface area contributed by atoms with Crippen LogP contribution in [0.25, 0.3) is 0 Å². The van der Waals surface area contributed by atoms with Crippen molar-refractivity contribution in [2.75, 3.05) is 7.11 Å². The van der Waals surface area contributed by atoms with Gasteiger partial charge in [0, 0.05) is 0 Å². The van der Waals surface area contributed by atoms with Crippen molar-refractivity contribution in [1.82, 2.24) is 5.48 Å². The van der Waals surface area contributed by atoms with E-state index < -0.39 is 0 Å². The lowest BCUT2D eigenvalue weighted by Gasteiger charge is -1.95. The number of rotatable bonds is 2. The van der Waals surface area contributed by atoms with E-state index >= 15 is 0 Å². The van der Waals surface area contributed by atoms with Crippen molar-refractivity contribution in [3.05, 3.63) is 0 Å². The van der Waals surface area contributed by atoms with E-state index in [2.05, 4.69) is 22.5 Å². The molecular formula is C4H7NO2S. The highest BCUT2D eigenvalue weighted by atomic mass is 32.1. The number of thiocarbonyl (C=S) groups is 1. The van der Waals surface area contributed by atoms with Crippen LogP contribution in [0.5, 0.6) is 0 Å². The fourth-order valence-electron chi connectivity index (χ4n) is 0.165. The lowest BCUT2D eigenvalue weighted by molar-refractivity contribution is -0.124. The van der Waals surface area contributed by atoms with Gasteiger partial charge < -0.3 is 0 Å². The first-order valence-electron chi connectivity index (χ1n) is 2.02. The van der Waals surface area contributed by atoms with Gasteiger partial charge in [-0.25, -0.2) is 5.48 Å². The van der Waals surface area contributed by atoms with Gasteiger partial charge in [-0.2, -0.15) is 0 Å². The molecule has 1 amide bonds. The Labute approximate surface area is 53.0 Å². The number of hydroxylamine groups is 1. The van der Waals surface area contributed by atoms with E-state index in [0.29, 0.717) is 0 Å². The molecule has 0 saturated heterocycles. The first-order chi connectivity index (χ1) is 3.68. The second-order valence-electron chi connectivity index (χ2n) is 1.19. The van der Waals surface area contributed by atoms with Gasteiger partial charge in [0.15, 0.2) is 0 Å². The highest BCUT2D eigenvalue weighted by molar-refractivity contribution is 7.82. The number of amides is 1. The summed E-state index contributed by atoms with van der Waals surface area (Å²) < 4.78 is 0. The van der Waals surface area contributed by atoms with Crippen LogP contribution in [0.15, 0.2) is 0 Å². The summed E-state index contributed by atoms with van der Waals surface area (Å²) in [6, 6.07) is 0. The number of nitrogens with one attached hydrogen (secondary N) is 1. The van der Waals surface area contributed by atoms with Crippen LogP contribution in [0.4, 0.5) is 0 Å². The highest BCUT2D eigenvalue weighted by Crippen LogP contribution is 1.72. The van der Waals surface area contributed by atoms with Crippen LogP contribution in [0, 0.1) is 0 Å². The summed E-state index contributed by atoms with van der Waals surface area (Å²) in [6.07, 6.45) is 0. The molecule has 0 unspecified atom stereocenters. The zero-order chi connectivity index (χ0) is 6.57. The van der Waals surface area contributed by atoms with E-state index in [1.807, 2.05) is 0 Å². The summed E-state index contributed by atoms with van der Waals surface area (Å²) in [6.45, 7) is 1.53. The van der Waals surface area contributed by atoms with Crippen LogP contribution in [0.3, 0.4) is 0 Å². The molecule has 0 aliphatic carbocycles. The van der Waals surface area contributed by atoms with Crippen molar-refractivity contribution in [2.45, 2.75) is 6.92 Å². The zero-order valence-corrected chi connectivity index (χ0v) is 5.54. The van der Waals surface area contributed by atoms with E-state index in [0.717, 1.165) is 0 Å². The first-order valence-corrected chi connectivity index (χ1v) is 2.43. The highest BCUT2D eigenvalue weighted by Gasteiger charge is 1.98. The van der Waals surface area contributed by atoms with Gasteiger partial charge in [0.2, 0.25) is 0 Å². The third kappa shape index (κ3) is 2.65. The average molecular weight is 133 g/mol. The minimum absolute atomic E-state index is 0.270. The third-order valence-electron chi connectivity index (χ3n) is 0.515. The van der Waals surface area contributed by atoms with Gasteiger partial charge in [-0.3, -0.25) is 9.63 Å². The lowest BCUT2D eigenvalue weighted by Crippen LogP contribution is -2.26. The predicted molar refractivity (Wildman–Crippen MR) is 33.4 cm³/mol. The average Bonchev–Trinajstić information content (AvgIpc) is 1.67. The predicted octanol–water partition coefficient (Wildman–Crippen LogP) is 0.0538. The molecule has 0 spiro atoms. The molecule has 0 heterocycles. The maximum absolute atomic E-state index is 10.4. The molecule has 4 heteroatoms. The van der Waals surface area contributed by atoms with Gasteiger partial charge in [-0.1, -0.05) is 12.2 Å². The normalized spacial score (nSPS) is 8.25. The molecule has 0 fully saturated rings. The van der Waals surface area contributed by atoms with Gasteiger partial charge in [-0.15, -0.1) is 0 Å². The Bertz CT molecular complexity index is 113. The SMILES string of the molecule is CONC(=O)C(C)=S. The zero-order valence-electron chi connectivity index (χ0n) is 4.72. The van der Waals surface area contributed by atoms with Gasteiger partial charge in [0.05, 0.1) is 12.0 Å². The molecule has 0 aliphatic heterocycles. The van der Waals surface area contributed by atoms with Crippen LogP contribution in [0.2, 0.25) is 0 Å². The van der Waals surface area contributed by atoms with Crippen LogP contribution in [-0.2, 0) is 9.63 Å². The molecule has 8 heavy (non-hydrogen) atoms. The monoisotopic (exact) mass is 133 g/mol. The van der Waals surface area contributed by atoms with Crippen molar-refractivity contribution in [1.29, 1.82) is 0 Å². The Morgan fingerprint density at radius 2 is 2.25 bits per heavy atom. The van der Waals surface area contributed by atoms with Crippen LogP contribution >= 0.6 is 12.2 Å². The van der Waals surface area contributed by atoms with E-state index in [1.165, 1.54) is 14.0 Å². The maximum atomic E-state index is 10.4. The summed E-state index contributed by atoms with van der Waals surface area (Å²) in [5.41, 5.74) is 2.06. The molecule has 0 aromatic heterocycles. The van der Waals surface area contributed by atoms with Crippen LogP contribution in [0.1, 0.15) is 6.92 Å². The quantitative estimate of drug-likeness (QED) is 0.427. The minimum atomic E-state index is -0.359. The van der Waals surface area contributed by atoms with Crippen molar-refractivity contribution < 1.29 is 9.63 Å². The van der Waals surface area contributed by atoms with Crippen molar-refractivity contribution in [2.24, 2.45) is 0 Å². The molecular weight excluding hydrogens is 126 g/mol. The molecule has 1 N–H and O–H groups in total. The Hall–Kier alpha value is -0.480. The van der Waals surface area contributed by atoms with Gasteiger partial charge >= 0.3 is 0 Å². The number of hydrogen-bond donors (Lipinski definition) is 1. The van der Waals surface area contributed by atoms with Crippen LogP contribution in [-0.4, -0.2) is 17.9 Å². The number of carbonyl (C=O) groups is 1. The largest absolute Gasteiger partial charge is 0.281 e. The molecule has 0 atom stereocenters. The molecule has 0 bridgehead atoms. The van der Waals surface area contributed by atoms with Gasteiger partial charge in [-0.05, 0) is 6.92 Å². The maximum Gasteiger partial charge on any atom is 0.281 e. The van der Waals surface area contributed by atoms with Crippen molar-refractivity contribution in [3.63, 3.8) is 0 Å². The summed E-state index contributed by atoms with van der Waals surface area (Å²) in [5.74, 6) is -0.359. The molecule has 3 nitrogen and oxygen atoms in total. The Morgan fingerprint density at radius 1 is 1.75 bits per heavy atom. The first kappa shape index (κ1) is 7.52. The van der Waals surface area contributed by atoms with Gasteiger partial charge in [0.25, 0.3) is 5.91 Å². The summed E-state index contributed by atoms with van der Waals surface area (Å²) in [7, 11) is 1.36. The molecule has 0 saturated carbocycles. The fourth-order valence-corrected chi connectivity index (χ4v) is 0.206. The van der Waals surface area contributed by atoms with E-state index in [1.54, 1.807) is 0 Å². The fraction of sp³-hybridized carbons (Fsp3) is 0.500. The summed E-state index contributed by atoms with van der Waals surface area (Å²) in [4.78, 5) is 14.9. The van der Waals surface area contributed by atoms with E-state index in [-0.39, 0.29) is 10.8 Å². The molecule has 0 radical (unpaired) electrons. The van der Waals surface area contributed by atoms with Crippen molar-refractivity contribution >= 4 is 23.0 Å². The second-order valence-corrected chi connectivity index (χ2v) is 1.80. The van der Waals surface area contributed by atoms with Crippen LogP contribution < -0.4 is 5.48 Å². The van der Waals surface area contributed by atoms with Gasteiger partial charge in [0.1, 0.15) is 0 Å². The molecule has 0 aromatic carbocycles. The summed E-state index contributed by atoms with van der Waals surface area (Å²) >= 11 is 4.49. The molecule has 0 aromatic rings. The Kier molecular flexibility index (Phi) is 3.30. The Morgan fingerprint density at radius 3 is 2.38 bits per heavy atom. The molecule has 0 aliphatic rings. The standard InChI is InChI=1S/C4H7NO2S/c1-3(8)4(6)5-7-2/h1-2H3,(H,5,6). The second kappa shape index (κ2) is 3.51. The Balaban J connectivity index is 3.49. The molecule has 0 rings (SSSR count). The lowest BCUT2D eigenvalue weighted by atomic mass is 10.5. The summed E-state index contributed by atoms with van der Waals surface area (Å²) in [5, 5.41) is 0. The third-order valence-corrected chi connectivity index (χ3v) is 0.700. The van der Waals surface area contributed by atoms with Crippen molar-refractivity contribution in [3.8, 4) is 0 Å². The minimum Gasteiger partial charge on any atom is -0.277 e. The van der Waals surface area contributed by atoms with E-state index in [9.17, 15) is 4.79 Å². The number of carbonyl (C=O) groups excluding carboxylic acids is 1. The van der Waals surface area contributed by atoms with E-state index in [4.69, 9.17) is 0 Å². The number of hydrogen-bond acceptors (Lipinski definition) is 3. The topological polar surface area (TPSA) is 38.3 Å².